The topological polar surface area (TPSA) is 17.1 Å². The van der Waals surface area contributed by atoms with Crippen LogP contribution in [0.4, 0.5) is 0 Å². The van der Waals surface area contributed by atoms with E-state index in [1.807, 2.05) is 32.9 Å². The van der Waals surface area contributed by atoms with Gasteiger partial charge >= 0.3 is 0 Å². The Bertz CT molecular complexity index is 264. The molecule has 0 aromatic heterocycles. The molecule has 0 saturated heterocycles. The molecule has 17 heavy (non-hydrogen) atoms. The Labute approximate surface area is 107 Å². The number of allylic oxidation sites excluding steroid dienone is 4. The van der Waals surface area contributed by atoms with Crippen LogP contribution in [0.2, 0.25) is 0 Å². The summed E-state index contributed by atoms with van der Waals surface area (Å²) in [6.45, 7) is 10.3. The second kappa shape index (κ2) is 8.27. The number of unbranched alkanes of at least 4 members (excludes halogenated alkanes) is 2. The molecule has 0 radical (unpaired) electrons. The number of hydrogen-bond donors (Lipinski definition) is 0. The van der Waals surface area contributed by atoms with Crippen LogP contribution in [0.5, 0.6) is 0 Å². The van der Waals surface area contributed by atoms with Crippen LogP contribution in [-0.4, -0.2) is 5.78 Å². The average Bonchev–Trinajstić information content (AvgIpc) is 2.19. The highest BCUT2D eigenvalue weighted by Gasteiger charge is 2.17. The van der Waals surface area contributed by atoms with Gasteiger partial charge in [-0.15, -0.1) is 0 Å². The summed E-state index contributed by atoms with van der Waals surface area (Å²) in [7, 11) is 0. The average molecular weight is 236 g/mol. The maximum absolute atomic E-state index is 11.6. The van der Waals surface area contributed by atoms with Gasteiger partial charge in [0.2, 0.25) is 0 Å². The molecule has 0 bridgehead atoms. The molecule has 0 rings (SSSR count). The van der Waals surface area contributed by atoms with Gasteiger partial charge in [-0.2, -0.15) is 0 Å². The van der Waals surface area contributed by atoms with Crippen molar-refractivity contribution in [1.82, 2.24) is 0 Å². The first-order valence-electron chi connectivity index (χ1n) is 6.71. The zero-order valence-electron chi connectivity index (χ0n) is 12.1. The fraction of sp³-hybridized carbons (Fsp3) is 0.688. The molecule has 1 heteroatoms. The summed E-state index contributed by atoms with van der Waals surface area (Å²) >= 11 is 0. The molecule has 0 amide bonds. The molecule has 0 aromatic carbocycles. The summed E-state index contributed by atoms with van der Waals surface area (Å²) in [5, 5.41) is 0. The fourth-order valence-electron chi connectivity index (χ4n) is 1.38. The largest absolute Gasteiger partial charge is 0.294 e. The van der Waals surface area contributed by atoms with Crippen molar-refractivity contribution in [3.63, 3.8) is 0 Å². The van der Waals surface area contributed by atoms with Crippen molar-refractivity contribution in [3.8, 4) is 0 Å². The van der Waals surface area contributed by atoms with Crippen LogP contribution < -0.4 is 0 Å². The minimum atomic E-state index is -0.262. The van der Waals surface area contributed by atoms with E-state index in [2.05, 4.69) is 19.9 Å². The van der Waals surface area contributed by atoms with Crippen LogP contribution >= 0.6 is 0 Å². The first-order valence-corrected chi connectivity index (χ1v) is 6.71. The van der Waals surface area contributed by atoms with Crippen molar-refractivity contribution in [3.05, 3.63) is 24.3 Å². The van der Waals surface area contributed by atoms with Gasteiger partial charge in [0, 0.05) is 5.41 Å². The second-order valence-electron chi connectivity index (χ2n) is 6.08. The van der Waals surface area contributed by atoms with E-state index in [1.165, 1.54) is 19.3 Å². The third kappa shape index (κ3) is 10.0. The number of carbonyl (C=O) groups is 1. The smallest absolute Gasteiger partial charge is 0.160 e. The molecule has 98 valence electrons. The minimum Gasteiger partial charge on any atom is -0.294 e. The second-order valence-corrected chi connectivity index (χ2v) is 6.08. The highest BCUT2D eigenvalue weighted by atomic mass is 16.1. The summed E-state index contributed by atoms with van der Waals surface area (Å²) < 4.78 is 0. The number of ketones is 1. The predicted molar refractivity (Wildman–Crippen MR) is 76.0 cm³/mol. The summed E-state index contributed by atoms with van der Waals surface area (Å²) in [6, 6.07) is 0. The molecule has 0 aliphatic carbocycles. The van der Waals surface area contributed by atoms with Crippen molar-refractivity contribution >= 4 is 5.78 Å². The standard InChI is InChI=1S/C16H28O/c1-14(2)12-10-8-6-7-9-11-13-15(17)16(3,4)5/h7,9,11,13-14H,6,8,10,12H2,1-5H3/b9-7+,13-11-. The first-order chi connectivity index (χ1) is 7.84. The third-order valence-corrected chi connectivity index (χ3v) is 2.64. The van der Waals surface area contributed by atoms with Crippen molar-refractivity contribution in [1.29, 1.82) is 0 Å². The van der Waals surface area contributed by atoms with Gasteiger partial charge in [-0.25, -0.2) is 0 Å². The van der Waals surface area contributed by atoms with E-state index >= 15 is 0 Å². The molecule has 0 atom stereocenters. The van der Waals surface area contributed by atoms with Crippen molar-refractivity contribution in [2.24, 2.45) is 11.3 Å². The zero-order chi connectivity index (χ0) is 13.3. The number of carbonyl (C=O) groups excluding carboxylic acids is 1. The van der Waals surface area contributed by atoms with Gasteiger partial charge in [-0.1, -0.05) is 65.7 Å². The SMILES string of the molecule is CC(C)CCCC/C=C/C=C\C(=O)C(C)(C)C. The summed E-state index contributed by atoms with van der Waals surface area (Å²) in [5.74, 6) is 0.991. The predicted octanol–water partition coefficient (Wildman–Crippen LogP) is 4.93. The lowest BCUT2D eigenvalue weighted by Crippen LogP contribution is -2.17. The van der Waals surface area contributed by atoms with Crippen molar-refractivity contribution in [2.45, 2.75) is 60.3 Å². The molecule has 0 unspecified atom stereocenters. The van der Waals surface area contributed by atoms with Crippen LogP contribution in [0, 0.1) is 11.3 Å². The normalized spacial score (nSPS) is 13.1. The van der Waals surface area contributed by atoms with E-state index in [0.29, 0.717) is 0 Å². The molecule has 1 nitrogen and oxygen atoms in total. The first kappa shape index (κ1) is 16.1. The Morgan fingerprint density at radius 3 is 2.29 bits per heavy atom. The van der Waals surface area contributed by atoms with Gasteiger partial charge in [-0.05, 0) is 24.8 Å². The van der Waals surface area contributed by atoms with Gasteiger partial charge in [0.15, 0.2) is 5.78 Å². The fourth-order valence-corrected chi connectivity index (χ4v) is 1.38. The van der Waals surface area contributed by atoms with Crippen LogP contribution in [0.3, 0.4) is 0 Å². The zero-order valence-corrected chi connectivity index (χ0v) is 12.1. The molecular formula is C16H28O. The van der Waals surface area contributed by atoms with E-state index in [9.17, 15) is 4.79 Å². The maximum Gasteiger partial charge on any atom is 0.160 e. The lowest BCUT2D eigenvalue weighted by Gasteiger charge is -2.12. The molecule has 0 heterocycles. The van der Waals surface area contributed by atoms with Crippen LogP contribution in [0.25, 0.3) is 0 Å². The third-order valence-electron chi connectivity index (χ3n) is 2.64. The molecule has 0 N–H and O–H groups in total. The monoisotopic (exact) mass is 236 g/mol. The van der Waals surface area contributed by atoms with Gasteiger partial charge in [-0.3, -0.25) is 4.79 Å². The van der Waals surface area contributed by atoms with Gasteiger partial charge in [0.05, 0.1) is 0 Å². The summed E-state index contributed by atoms with van der Waals surface area (Å²) in [5.41, 5.74) is -0.262. The minimum absolute atomic E-state index is 0.182. The number of hydrogen-bond acceptors (Lipinski definition) is 1. The van der Waals surface area contributed by atoms with E-state index < -0.39 is 0 Å². The van der Waals surface area contributed by atoms with Crippen molar-refractivity contribution in [2.75, 3.05) is 0 Å². The summed E-state index contributed by atoms with van der Waals surface area (Å²) in [4.78, 5) is 11.6. The Hall–Kier alpha value is -0.850. The Morgan fingerprint density at radius 1 is 1.12 bits per heavy atom. The quantitative estimate of drug-likeness (QED) is 0.348. The molecular weight excluding hydrogens is 208 g/mol. The molecule has 0 spiro atoms. The van der Waals surface area contributed by atoms with E-state index in [-0.39, 0.29) is 11.2 Å². The lowest BCUT2D eigenvalue weighted by molar-refractivity contribution is -0.121. The highest BCUT2D eigenvalue weighted by molar-refractivity contribution is 5.94. The van der Waals surface area contributed by atoms with Crippen molar-refractivity contribution < 1.29 is 4.79 Å². The Morgan fingerprint density at radius 2 is 1.76 bits per heavy atom. The highest BCUT2D eigenvalue weighted by Crippen LogP contribution is 2.14. The Balaban J connectivity index is 3.68. The molecule has 0 aliphatic heterocycles. The Kier molecular flexibility index (Phi) is 7.86. The summed E-state index contributed by atoms with van der Waals surface area (Å²) in [6.07, 6.45) is 12.6. The molecule has 0 aromatic rings. The van der Waals surface area contributed by atoms with Gasteiger partial charge in [0.25, 0.3) is 0 Å². The lowest BCUT2D eigenvalue weighted by atomic mass is 9.91. The maximum atomic E-state index is 11.6. The molecule has 0 aliphatic rings. The van der Waals surface area contributed by atoms with E-state index in [1.54, 1.807) is 6.08 Å². The van der Waals surface area contributed by atoms with Gasteiger partial charge < -0.3 is 0 Å². The van der Waals surface area contributed by atoms with Crippen LogP contribution in [0.15, 0.2) is 24.3 Å². The van der Waals surface area contributed by atoms with E-state index in [0.717, 1.165) is 12.3 Å². The number of rotatable bonds is 7. The van der Waals surface area contributed by atoms with E-state index in [4.69, 9.17) is 0 Å². The van der Waals surface area contributed by atoms with Crippen LogP contribution in [0.1, 0.15) is 60.3 Å². The van der Waals surface area contributed by atoms with Gasteiger partial charge in [0.1, 0.15) is 0 Å². The molecule has 0 fully saturated rings. The van der Waals surface area contributed by atoms with Crippen LogP contribution in [-0.2, 0) is 4.79 Å². The molecule has 0 saturated carbocycles.